The van der Waals surface area contributed by atoms with Crippen LogP contribution in [-0.4, -0.2) is 0 Å². The summed E-state index contributed by atoms with van der Waals surface area (Å²) in [6, 6.07) is 5.73. The van der Waals surface area contributed by atoms with E-state index < -0.39 is 29.2 Å². The summed E-state index contributed by atoms with van der Waals surface area (Å²) in [5, 5.41) is 0. The van der Waals surface area contributed by atoms with Crippen LogP contribution in [0.1, 0.15) is 11.1 Å². The maximum atomic E-state index is 12.7. The molecule has 0 heterocycles. The highest BCUT2D eigenvalue weighted by Crippen LogP contribution is 2.40. The van der Waals surface area contributed by atoms with Crippen molar-refractivity contribution in [1.82, 2.24) is 0 Å². The second kappa shape index (κ2) is 5.11. The molecule has 0 fully saturated rings. The van der Waals surface area contributed by atoms with Gasteiger partial charge in [0, 0.05) is 5.56 Å². The molecule has 118 valence electrons. The molecule has 0 aliphatic carbocycles. The van der Waals surface area contributed by atoms with Gasteiger partial charge < -0.3 is 11.5 Å². The smallest absolute Gasteiger partial charge is 0.397 e. The average molecular weight is 320 g/mol. The van der Waals surface area contributed by atoms with Crippen molar-refractivity contribution in [3.8, 4) is 11.1 Å². The van der Waals surface area contributed by atoms with Gasteiger partial charge in [0.15, 0.2) is 0 Å². The number of nitrogen functional groups attached to an aromatic ring is 2. The Morgan fingerprint density at radius 2 is 1.18 bits per heavy atom. The van der Waals surface area contributed by atoms with Gasteiger partial charge in [-0.15, -0.1) is 0 Å². The largest absolute Gasteiger partial charge is 0.418 e. The minimum Gasteiger partial charge on any atom is -0.397 e. The lowest BCUT2D eigenvalue weighted by atomic mass is 9.98. The van der Waals surface area contributed by atoms with Gasteiger partial charge in [-0.3, -0.25) is 0 Å². The highest BCUT2D eigenvalue weighted by Gasteiger charge is 2.34. The van der Waals surface area contributed by atoms with E-state index in [9.17, 15) is 26.3 Å². The number of nitrogens with two attached hydrogens (primary N) is 2. The maximum absolute atomic E-state index is 12.7. The minimum absolute atomic E-state index is 0.138. The SMILES string of the molecule is Nc1c(-c2ccc(C(F)(F)F)cc2)ccc(C(F)(F)F)c1N. The van der Waals surface area contributed by atoms with E-state index in [0.717, 1.165) is 36.4 Å². The van der Waals surface area contributed by atoms with Crippen molar-refractivity contribution in [3.63, 3.8) is 0 Å². The van der Waals surface area contributed by atoms with E-state index >= 15 is 0 Å². The Labute approximate surface area is 121 Å². The first kappa shape index (κ1) is 16.0. The summed E-state index contributed by atoms with van der Waals surface area (Å²) >= 11 is 0. The molecule has 0 aromatic heterocycles. The standard InChI is InChI=1S/C14H10F6N2/c15-13(16,17)8-3-1-7(2-4-8)9-5-6-10(14(18,19)20)12(22)11(9)21/h1-6H,21-22H2. The van der Waals surface area contributed by atoms with Crippen LogP contribution >= 0.6 is 0 Å². The lowest BCUT2D eigenvalue weighted by Gasteiger charge is -2.15. The van der Waals surface area contributed by atoms with Crippen molar-refractivity contribution in [2.24, 2.45) is 0 Å². The van der Waals surface area contributed by atoms with E-state index in [0.29, 0.717) is 0 Å². The van der Waals surface area contributed by atoms with Gasteiger partial charge in [0.2, 0.25) is 0 Å². The van der Waals surface area contributed by atoms with Crippen molar-refractivity contribution < 1.29 is 26.3 Å². The normalized spacial score (nSPS) is 12.5. The van der Waals surface area contributed by atoms with Crippen LogP contribution in [0.3, 0.4) is 0 Å². The van der Waals surface area contributed by atoms with Crippen molar-refractivity contribution in [1.29, 1.82) is 0 Å². The Hall–Kier alpha value is -2.38. The minimum atomic E-state index is -4.66. The van der Waals surface area contributed by atoms with E-state index in [2.05, 4.69) is 0 Å². The van der Waals surface area contributed by atoms with Crippen molar-refractivity contribution in [2.45, 2.75) is 12.4 Å². The van der Waals surface area contributed by atoms with E-state index in [1.54, 1.807) is 0 Å². The summed E-state index contributed by atoms with van der Waals surface area (Å²) in [6.45, 7) is 0. The van der Waals surface area contributed by atoms with Gasteiger partial charge in [0.25, 0.3) is 0 Å². The van der Waals surface area contributed by atoms with Crippen molar-refractivity contribution in [3.05, 3.63) is 47.5 Å². The number of halogens is 6. The number of alkyl halides is 6. The Bertz CT molecular complexity index is 686. The fourth-order valence-corrected chi connectivity index (χ4v) is 1.97. The molecule has 2 nitrogen and oxygen atoms in total. The van der Waals surface area contributed by atoms with E-state index in [-0.39, 0.29) is 16.8 Å². The first-order chi connectivity index (χ1) is 10.0. The first-order valence-corrected chi connectivity index (χ1v) is 5.94. The molecule has 0 unspecified atom stereocenters. The van der Waals surface area contributed by atoms with Crippen LogP contribution in [0.2, 0.25) is 0 Å². The molecule has 0 bridgehead atoms. The monoisotopic (exact) mass is 320 g/mol. The molecule has 0 amide bonds. The number of hydrogen-bond acceptors (Lipinski definition) is 2. The summed E-state index contributed by atoms with van der Waals surface area (Å²) in [5.74, 6) is 0. The number of benzene rings is 2. The molecule has 2 aromatic carbocycles. The molecule has 0 saturated carbocycles. The van der Waals surface area contributed by atoms with Crippen molar-refractivity contribution in [2.75, 3.05) is 11.5 Å². The van der Waals surface area contributed by atoms with Crippen LogP contribution in [-0.2, 0) is 12.4 Å². The third-order valence-electron chi connectivity index (χ3n) is 3.12. The van der Waals surface area contributed by atoms with Crippen LogP contribution in [0.25, 0.3) is 11.1 Å². The second-order valence-corrected chi connectivity index (χ2v) is 4.56. The quantitative estimate of drug-likeness (QED) is 0.598. The lowest BCUT2D eigenvalue weighted by Crippen LogP contribution is -2.11. The molecule has 0 saturated heterocycles. The molecule has 2 aromatic rings. The molecular weight excluding hydrogens is 310 g/mol. The highest BCUT2D eigenvalue weighted by atomic mass is 19.4. The molecule has 0 atom stereocenters. The third kappa shape index (κ3) is 2.95. The number of rotatable bonds is 1. The third-order valence-corrected chi connectivity index (χ3v) is 3.12. The second-order valence-electron chi connectivity index (χ2n) is 4.56. The average Bonchev–Trinajstić information content (AvgIpc) is 2.39. The van der Waals surface area contributed by atoms with Gasteiger partial charge in [0.05, 0.1) is 22.5 Å². The van der Waals surface area contributed by atoms with Crippen LogP contribution in [0.4, 0.5) is 37.7 Å². The Balaban J connectivity index is 2.48. The summed E-state index contributed by atoms with van der Waals surface area (Å²) in [5.41, 5.74) is 8.43. The van der Waals surface area contributed by atoms with E-state index in [1.165, 1.54) is 0 Å². The number of anilines is 2. The number of hydrogen-bond donors (Lipinski definition) is 2. The summed E-state index contributed by atoms with van der Waals surface area (Å²) in [6.07, 6.45) is -9.15. The van der Waals surface area contributed by atoms with Crippen LogP contribution < -0.4 is 11.5 Å². The van der Waals surface area contributed by atoms with E-state index in [1.807, 2.05) is 0 Å². The van der Waals surface area contributed by atoms with Crippen molar-refractivity contribution >= 4 is 11.4 Å². The van der Waals surface area contributed by atoms with E-state index in [4.69, 9.17) is 11.5 Å². The van der Waals surface area contributed by atoms with Crippen LogP contribution in [0, 0.1) is 0 Å². The zero-order chi connectivity index (χ0) is 16.7. The Kier molecular flexibility index (Phi) is 3.72. The highest BCUT2D eigenvalue weighted by molar-refractivity contribution is 5.86. The summed E-state index contributed by atoms with van der Waals surface area (Å²) in [4.78, 5) is 0. The van der Waals surface area contributed by atoms with Gasteiger partial charge in [-0.1, -0.05) is 18.2 Å². The summed E-state index contributed by atoms with van der Waals surface area (Å²) < 4.78 is 75.5. The van der Waals surface area contributed by atoms with Gasteiger partial charge in [-0.25, -0.2) is 0 Å². The fourth-order valence-electron chi connectivity index (χ4n) is 1.97. The molecule has 0 aliphatic rings. The van der Waals surface area contributed by atoms with Gasteiger partial charge >= 0.3 is 12.4 Å². The zero-order valence-electron chi connectivity index (χ0n) is 10.9. The maximum Gasteiger partial charge on any atom is 0.418 e. The predicted molar refractivity (Wildman–Crippen MR) is 70.7 cm³/mol. The van der Waals surface area contributed by atoms with Gasteiger partial charge in [-0.05, 0) is 23.8 Å². The van der Waals surface area contributed by atoms with Gasteiger partial charge in [0.1, 0.15) is 0 Å². The molecule has 8 heteroatoms. The van der Waals surface area contributed by atoms with Crippen LogP contribution in [0.5, 0.6) is 0 Å². The molecule has 4 N–H and O–H groups in total. The lowest BCUT2D eigenvalue weighted by molar-refractivity contribution is -0.138. The fraction of sp³-hybridized carbons (Fsp3) is 0.143. The summed E-state index contributed by atoms with van der Waals surface area (Å²) in [7, 11) is 0. The molecule has 0 radical (unpaired) electrons. The predicted octanol–water partition coefficient (Wildman–Crippen LogP) is 4.56. The molecular formula is C14H10F6N2. The molecule has 0 spiro atoms. The van der Waals surface area contributed by atoms with Crippen LogP contribution in [0.15, 0.2) is 36.4 Å². The molecule has 22 heavy (non-hydrogen) atoms. The zero-order valence-corrected chi connectivity index (χ0v) is 10.9. The van der Waals surface area contributed by atoms with Gasteiger partial charge in [-0.2, -0.15) is 26.3 Å². The Morgan fingerprint density at radius 1 is 0.636 bits per heavy atom. The molecule has 0 aliphatic heterocycles. The molecule has 2 rings (SSSR count). The Morgan fingerprint density at radius 3 is 1.64 bits per heavy atom. The first-order valence-electron chi connectivity index (χ1n) is 5.94. The topological polar surface area (TPSA) is 52.0 Å².